The zero-order valence-corrected chi connectivity index (χ0v) is 16.5. The third kappa shape index (κ3) is 4.02. The van der Waals surface area contributed by atoms with Crippen LogP contribution in [0.4, 0.5) is 0 Å². The fourth-order valence-electron chi connectivity index (χ4n) is 4.43. The van der Waals surface area contributed by atoms with Crippen LogP contribution in [0, 0.1) is 11.8 Å². The molecule has 0 unspecified atom stereocenters. The summed E-state index contributed by atoms with van der Waals surface area (Å²) < 4.78 is 2.19. The summed E-state index contributed by atoms with van der Waals surface area (Å²) in [5.74, 6) is -0.703. The molecular formula is C22H30N2O3. The van der Waals surface area contributed by atoms with Crippen LogP contribution in [-0.4, -0.2) is 39.5 Å². The molecule has 1 fully saturated rings. The van der Waals surface area contributed by atoms with E-state index in [0.717, 1.165) is 17.4 Å². The molecule has 5 nitrogen and oxygen atoms in total. The first-order valence-corrected chi connectivity index (χ1v) is 9.98. The van der Waals surface area contributed by atoms with Crippen molar-refractivity contribution < 1.29 is 14.7 Å². The van der Waals surface area contributed by atoms with Gasteiger partial charge >= 0.3 is 5.97 Å². The maximum absolute atomic E-state index is 13.2. The van der Waals surface area contributed by atoms with Crippen LogP contribution in [0.3, 0.4) is 0 Å². The number of amides is 1. The number of carboxylic acids is 1. The maximum Gasteiger partial charge on any atom is 0.326 e. The highest BCUT2D eigenvalue weighted by Crippen LogP contribution is 2.29. The molecule has 0 saturated heterocycles. The lowest BCUT2D eigenvalue weighted by Crippen LogP contribution is -2.45. The Morgan fingerprint density at radius 2 is 1.85 bits per heavy atom. The van der Waals surface area contributed by atoms with Crippen LogP contribution in [-0.2, 0) is 11.3 Å². The molecule has 1 heterocycles. The Bertz CT molecular complexity index is 818. The number of hydrogen-bond donors (Lipinski definition) is 1. The molecule has 146 valence electrons. The molecule has 1 amide bonds. The fourth-order valence-corrected chi connectivity index (χ4v) is 4.43. The zero-order valence-electron chi connectivity index (χ0n) is 16.5. The van der Waals surface area contributed by atoms with Crippen LogP contribution >= 0.6 is 0 Å². The second-order valence-electron chi connectivity index (χ2n) is 8.16. The summed E-state index contributed by atoms with van der Waals surface area (Å²) in [6.07, 6.45) is 8.30. The van der Waals surface area contributed by atoms with Crippen LogP contribution in [0.1, 0.15) is 56.3 Å². The van der Waals surface area contributed by atoms with Gasteiger partial charge in [0.25, 0.3) is 5.91 Å². The van der Waals surface area contributed by atoms with Gasteiger partial charge in [0.05, 0.1) is 5.56 Å². The van der Waals surface area contributed by atoms with Gasteiger partial charge in [0.1, 0.15) is 6.04 Å². The number of carbonyl (C=O) groups excluding carboxylic acids is 1. The van der Waals surface area contributed by atoms with Gasteiger partial charge in [0.2, 0.25) is 0 Å². The molecule has 5 heteroatoms. The molecule has 1 saturated carbocycles. The van der Waals surface area contributed by atoms with Crippen molar-refractivity contribution >= 4 is 22.8 Å². The fraction of sp³-hybridized carbons (Fsp3) is 0.545. The highest BCUT2D eigenvalue weighted by atomic mass is 16.4. The quantitative estimate of drug-likeness (QED) is 0.819. The molecule has 27 heavy (non-hydrogen) atoms. The molecule has 1 aromatic heterocycles. The maximum atomic E-state index is 13.2. The third-order valence-electron chi connectivity index (χ3n) is 5.82. The lowest BCUT2D eigenvalue weighted by molar-refractivity contribution is -0.143. The van der Waals surface area contributed by atoms with Gasteiger partial charge in [-0.05, 0) is 30.7 Å². The number of aromatic nitrogens is 1. The summed E-state index contributed by atoms with van der Waals surface area (Å²) in [5, 5.41) is 10.4. The van der Waals surface area contributed by atoms with Gasteiger partial charge in [-0.2, -0.15) is 0 Å². The molecule has 0 aliphatic heterocycles. The van der Waals surface area contributed by atoms with Crippen LogP contribution in [0.5, 0.6) is 0 Å². The van der Waals surface area contributed by atoms with Gasteiger partial charge < -0.3 is 14.6 Å². The van der Waals surface area contributed by atoms with Crippen molar-refractivity contribution in [2.24, 2.45) is 11.8 Å². The summed E-state index contributed by atoms with van der Waals surface area (Å²) in [5.41, 5.74) is 1.65. The lowest BCUT2D eigenvalue weighted by atomic mass is 9.89. The molecule has 0 spiro atoms. The van der Waals surface area contributed by atoms with Crippen LogP contribution in [0.2, 0.25) is 0 Å². The molecule has 3 rings (SSSR count). The second kappa shape index (κ2) is 8.15. The van der Waals surface area contributed by atoms with Crippen LogP contribution in [0.15, 0.2) is 30.5 Å². The van der Waals surface area contributed by atoms with Crippen LogP contribution in [0.25, 0.3) is 10.9 Å². The first-order chi connectivity index (χ1) is 12.9. The number of carbonyl (C=O) groups is 2. The van der Waals surface area contributed by atoms with E-state index in [-0.39, 0.29) is 11.8 Å². The van der Waals surface area contributed by atoms with Crippen molar-refractivity contribution in [1.29, 1.82) is 0 Å². The van der Waals surface area contributed by atoms with E-state index < -0.39 is 12.0 Å². The molecule has 1 aromatic carbocycles. The summed E-state index contributed by atoms with van der Waals surface area (Å²) in [6, 6.07) is 7.09. The number of carboxylic acid groups (broad SMARTS) is 1. The van der Waals surface area contributed by atoms with Crippen molar-refractivity contribution in [3.05, 3.63) is 36.0 Å². The monoisotopic (exact) mass is 370 g/mol. The molecule has 1 atom stereocenters. The second-order valence-corrected chi connectivity index (χ2v) is 8.16. The number of hydrogen-bond acceptors (Lipinski definition) is 2. The molecule has 2 aromatic rings. The predicted octanol–water partition coefficient (Wildman–Crippen LogP) is 4.40. The van der Waals surface area contributed by atoms with Gasteiger partial charge in [-0.3, -0.25) is 4.79 Å². The number of nitrogens with zero attached hydrogens (tertiary/aromatic N) is 2. The molecule has 0 radical (unpaired) electrons. The smallest absolute Gasteiger partial charge is 0.326 e. The predicted molar refractivity (Wildman–Crippen MR) is 107 cm³/mol. The minimum absolute atomic E-state index is 0.160. The number of fused-ring (bicyclic) bond motifs is 1. The largest absolute Gasteiger partial charge is 0.480 e. The minimum Gasteiger partial charge on any atom is -0.480 e. The van der Waals surface area contributed by atoms with E-state index in [2.05, 4.69) is 4.57 Å². The summed E-state index contributed by atoms with van der Waals surface area (Å²) in [6.45, 7) is 4.58. The number of rotatable bonds is 6. The van der Waals surface area contributed by atoms with Crippen molar-refractivity contribution in [2.45, 2.75) is 58.5 Å². The van der Waals surface area contributed by atoms with Gasteiger partial charge in [-0.15, -0.1) is 0 Å². The Morgan fingerprint density at radius 1 is 1.19 bits per heavy atom. The van der Waals surface area contributed by atoms with Crippen molar-refractivity contribution in [1.82, 2.24) is 9.47 Å². The van der Waals surface area contributed by atoms with Gasteiger partial charge in [-0.25, -0.2) is 4.79 Å². The third-order valence-corrected chi connectivity index (χ3v) is 5.82. The average Bonchev–Trinajstić information content (AvgIpc) is 3.00. The highest BCUT2D eigenvalue weighted by molar-refractivity contribution is 6.07. The summed E-state index contributed by atoms with van der Waals surface area (Å²) >= 11 is 0. The Morgan fingerprint density at radius 3 is 2.48 bits per heavy atom. The Balaban J connectivity index is 1.94. The number of aliphatic carboxylic acids is 1. The summed E-state index contributed by atoms with van der Waals surface area (Å²) in [7, 11) is 1.59. The van der Waals surface area contributed by atoms with E-state index in [1.807, 2.05) is 44.3 Å². The normalized spacial score (nSPS) is 16.6. The first-order valence-electron chi connectivity index (χ1n) is 9.98. The number of benzene rings is 1. The van der Waals surface area contributed by atoms with Gasteiger partial charge in [0.15, 0.2) is 0 Å². The van der Waals surface area contributed by atoms with Crippen molar-refractivity contribution in [3.8, 4) is 0 Å². The SMILES string of the molecule is CC(C)[C@@H](C(=O)O)N(C)C(=O)c1cn(CC2CCCCC2)c2ccccc12. The van der Waals surface area contributed by atoms with E-state index in [4.69, 9.17) is 0 Å². The Hall–Kier alpha value is -2.30. The molecular weight excluding hydrogens is 340 g/mol. The van der Waals surface area contributed by atoms with E-state index in [1.54, 1.807) is 7.05 Å². The molecule has 1 N–H and O–H groups in total. The highest BCUT2D eigenvalue weighted by Gasteiger charge is 2.31. The number of likely N-dealkylation sites (N-methyl/N-ethyl adjacent to an activating group) is 1. The molecule has 1 aliphatic carbocycles. The molecule has 0 bridgehead atoms. The summed E-state index contributed by atoms with van der Waals surface area (Å²) in [4.78, 5) is 26.2. The van der Waals surface area contributed by atoms with E-state index in [9.17, 15) is 14.7 Å². The topological polar surface area (TPSA) is 62.5 Å². The standard InChI is InChI=1S/C22H30N2O3/c1-15(2)20(22(26)27)23(3)21(25)18-14-24(13-16-9-5-4-6-10-16)19-12-8-7-11-17(18)19/h7-8,11-12,14-16,20H,4-6,9-10,13H2,1-3H3,(H,26,27)/t20-/m0/s1. The van der Waals surface area contributed by atoms with E-state index >= 15 is 0 Å². The van der Waals surface area contributed by atoms with Crippen molar-refractivity contribution in [3.63, 3.8) is 0 Å². The minimum atomic E-state index is -0.966. The van der Waals surface area contributed by atoms with E-state index in [1.165, 1.54) is 37.0 Å². The van der Waals surface area contributed by atoms with Gasteiger partial charge in [-0.1, -0.05) is 51.3 Å². The first kappa shape index (κ1) is 19.5. The molecule has 1 aliphatic rings. The Kier molecular flexibility index (Phi) is 5.88. The van der Waals surface area contributed by atoms with Gasteiger partial charge in [0, 0.05) is 30.7 Å². The Labute approximate surface area is 161 Å². The number of para-hydroxylation sites is 1. The zero-order chi connectivity index (χ0) is 19.6. The van der Waals surface area contributed by atoms with Crippen molar-refractivity contribution in [2.75, 3.05) is 7.05 Å². The lowest BCUT2D eigenvalue weighted by Gasteiger charge is -2.27. The van der Waals surface area contributed by atoms with Crippen LogP contribution < -0.4 is 0 Å². The van der Waals surface area contributed by atoms with E-state index in [0.29, 0.717) is 11.5 Å². The average molecular weight is 370 g/mol.